The molecule has 1 aromatic heterocycles. The Morgan fingerprint density at radius 1 is 1.04 bits per heavy atom. The lowest BCUT2D eigenvalue weighted by Crippen LogP contribution is -2.46. The molecule has 1 aliphatic carbocycles. The van der Waals surface area contributed by atoms with Crippen molar-refractivity contribution < 1.29 is 4.79 Å². The van der Waals surface area contributed by atoms with Gasteiger partial charge in [0.25, 0.3) is 0 Å². The minimum atomic E-state index is -0.638. The first kappa shape index (κ1) is 15.5. The molecule has 0 bridgehead atoms. The Kier molecular flexibility index (Phi) is 3.36. The summed E-state index contributed by atoms with van der Waals surface area (Å²) in [4.78, 5) is 18.1. The van der Waals surface area contributed by atoms with Gasteiger partial charge in [-0.3, -0.25) is 4.79 Å². The van der Waals surface area contributed by atoms with Gasteiger partial charge in [-0.1, -0.05) is 61.0 Å². The van der Waals surface area contributed by atoms with Crippen LogP contribution in [0.25, 0.3) is 0 Å². The molecule has 0 amide bonds. The van der Waals surface area contributed by atoms with E-state index in [-0.39, 0.29) is 11.8 Å². The van der Waals surface area contributed by atoms with Crippen molar-refractivity contribution in [2.45, 2.75) is 44.1 Å². The van der Waals surface area contributed by atoms with Crippen LogP contribution in [0.1, 0.15) is 60.1 Å². The smallest absolute Gasteiger partial charge is 0.151 e. The Labute approximate surface area is 152 Å². The summed E-state index contributed by atoms with van der Waals surface area (Å²) in [5.74, 6) is 1.84. The van der Waals surface area contributed by atoms with Crippen LogP contribution >= 0.6 is 0 Å². The number of nitrogens with zero attached hydrogens (tertiary/aromatic N) is 3. The first-order valence-electron chi connectivity index (χ1n) is 9.33. The number of aryl methyl sites for hydroxylation is 1. The van der Waals surface area contributed by atoms with Gasteiger partial charge in [0.1, 0.15) is 23.1 Å². The first-order chi connectivity index (χ1) is 12.7. The van der Waals surface area contributed by atoms with Crippen molar-refractivity contribution in [1.29, 1.82) is 0 Å². The van der Waals surface area contributed by atoms with Crippen molar-refractivity contribution in [3.63, 3.8) is 0 Å². The standard InChI is InChI=1S/C22H21N3O/c1-15-23-21-22(14-8-7-13-19(22)26)18-12-6-5-11-17(18)20(25(21)24-15)16-9-3-2-4-10-16/h2-6,9-12,20H,7-8,13-14H2,1H3/t20-,22-/m0/s1. The summed E-state index contributed by atoms with van der Waals surface area (Å²) < 4.78 is 2.01. The second kappa shape index (κ2) is 5.63. The van der Waals surface area contributed by atoms with Crippen molar-refractivity contribution >= 4 is 5.78 Å². The van der Waals surface area contributed by atoms with E-state index < -0.39 is 5.41 Å². The lowest BCUT2D eigenvalue weighted by molar-refractivity contribution is -0.125. The topological polar surface area (TPSA) is 47.8 Å². The Bertz CT molecular complexity index is 992. The van der Waals surface area contributed by atoms with E-state index in [2.05, 4.69) is 42.5 Å². The van der Waals surface area contributed by atoms with Crippen LogP contribution in [0.3, 0.4) is 0 Å². The molecule has 0 unspecified atom stereocenters. The second-order valence-corrected chi connectivity index (χ2v) is 7.36. The van der Waals surface area contributed by atoms with Gasteiger partial charge in [-0.15, -0.1) is 0 Å². The van der Waals surface area contributed by atoms with Crippen LogP contribution in [0.2, 0.25) is 0 Å². The predicted molar refractivity (Wildman–Crippen MR) is 99.1 cm³/mol. The monoisotopic (exact) mass is 343 g/mol. The van der Waals surface area contributed by atoms with Crippen LogP contribution in [0.5, 0.6) is 0 Å². The van der Waals surface area contributed by atoms with Crippen molar-refractivity contribution in [2.24, 2.45) is 0 Å². The Morgan fingerprint density at radius 3 is 2.62 bits per heavy atom. The number of ketones is 1. The molecule has 0 radical (unpaired) electrons. The Balaban J connectivity index is 1.84. The molecule has 2 aliphatic rings. The maximum absolute atomic E-state index is 13.3. The average molecular weight is 343 g/mol. The molecule has 0 N–H and O–H groups in total. The van der Waals surface area contributed by atoms with Gasteiger partial charge in [0.15, 0.2) is 5.78 Å². The minimum Gasteiger partial charge on any atom is -0.298 e. The van der Waals surface area contributed by atoms with Crippen LogP contribution in [0.4, 0.5) is 0 Å². The Hall–Kier alpha value is -2.75. The molecule has 2 aromatic carbocycles. The second-order valence-electron chi connectivity index (χ2n) is 7.36. The maximum Gasteiger partial charge on any atom is 0.151 e. The fraction of sp³-hybridized carbons (Fsp3) is 0.318. The van der Waals surface area contributed by atoms with E-state index in [9.17, 15) is 4.79 Å². The Morgan fingerprint density at radius 2 is 1.81 bits per heavy atom. The number of carbonyl (C=O) groups excluding carboxylic acids is 1. The fourth-order valence-corrected chi connectivity index (χ4v) is 4.78. The van der Waals surface area contributed by atoms with Crippen molar-refractivity contribution in [3.8, 4) is 0 Å². The van der Waals surface area contributed by atoms with Gasteiger partial charge in [0.05, 0.1) is 0 Å². The van der Waals surface area contributed by atoms with Gasteiger partial charge in [-0.2, -0.15) is 5.10 Å². The number of hydrogen-bond acceptors (Lipinski definition) is 3. The molecule has 4 heteroatoms. The van der Waals surface area contributed by atoms with Crippen LogP contribution in [-0.4, -0.2) is 20.5 Å². The minimum absolute atomic E-state index is 0.0380. The lowest BCUT2D eigenvalue weighted by Gasteiger charge is -2.42. The SMILES string of the molecule is Cc1nc2n(n1)[C@@H](c1ccccc1)c1ccccc1[C@]21CCCCC1=O. The molecule has 5 rings (SSSR count). The summed E-state index contributed by atoms with van der Waals surface area (Å²) in [6, 6.07) is 18.7. The molecule has 1 fully saturated rings. The lowest BCUT2D eigenvalue weighted by atomic mass is 9.64. The van der Waals surface area contributed by atoms with Crippen molar-refractivity contribution in [2.75, 3.05) is 0 Å². The van der Waals surface area contributed by atoms with E-state index >= 15 is 0 Å². The molecule has 2 heterocycles. The van der Waals surface area contributed by atoms with Crippen LogP contribution in [0, 0.1) is 6.92 Å². The van der Waals surface area contributed by atoms with Gasteiger partial charge in [-0.05, 0) is 36.5 Å². The zero-order chi connectivity index (χ0) is 17.7. The zero-order valence-corrected chi connectivity index (χ0v) is 14.9. The number of benzene rings is 2. The fourth-order valence-electron chi connectivity index (χ4n) is 4.78. The van der Waals surface area contributed by atoms with E-state index in [4.69, 9.17) is 10.1 Å². The highest BCUT2D eigenvalue weighted by molar-refractivity contribution is 5.94. The van der Waals surface area contributed by atoms with Gasteiger partial charge in [0.2, 0.25) is 0 Å². The van der Waals surface area contributed by atoms with E-state index in [0.717, 1.165) is 36.5 Å². The average Bonchev–Trinajstić information content (AvgIpc) is 3.06. The van der Waals surface area contributed by atoms with E-state index in [0.29, 0.717) is 6.42 Å². The quantitative estimate of drug-likeness (QED) is 0.672. The summed E-state index contributed by atoms with van der Waals surface area (Å²) in [6.45, 7) is 1.92. The van der Waals surface area contributed by atoms with E-state index in [1.807, 2.05) is 23.7 Å². The molecule has 1 spiro atoms. The van der Waals surface area contributed by atoms with Crippen LogP contribution < -0.4 is 0 Å². The zero-order valence-electron chi connectivity index (χ0n) is 14.9. The highest BCUT2D eigenvalue weighted by Crippen LogP contribution is 2.49. The summed E-state index contributed by atoms with van der Waals surface area (Å²) in [5, 5.41) is 4.75. The predicted octanol–water partition coefficient (Wildman–Crippen LogP) is 3.97. The number of rotatable bonds is 1. The number of carbonyl (C=O) groups is 1. The third kappa shape index (κ3) is 1.99. The molecule has 4 nitrogen and oxygen atoms in total. The highest BCUT2D eigenvalue weighted by atomic mass is 16.1. The summed E-state index contributed by atoms with van der Waals surface area (Å²) in [5.41, 5.74) is 2.83. The van der Waals surface area contributed by atoms with E-state index in [1.165, 1.54) is 11.1 Å². The third-order valence-corrected chi connectivity index (χ3v) is 5.88. The largest absolute Gasteiger partial charge is 0.298 e. The molecule has 2 atom stereocenters. The molecule has 3 aromatic rings. The number of aromatic nitrogens is 3. The van der Waals surface area contributed by atoms with Crippen LogP contribution in [-0.2, 0) is 10.2 Å². The van der Waals surface area contributed by atoms with E-state index in [1.54, 1.807) is 0 Å². The molecular formula is C22H21N3O. The molecule has 0 saturated heterocycles. The maximum atomic E-state index is 13.3. The molecule has 130 valence electrons. The van der Waals surface area contributed by atoms with Crippen LogP contribution in [0.15, 0.2) is 54.6 Å². The van der Waals surface area contributed by atoms with Gasteiger partial charge >= 0.3 is 0 Å². The summed E-state index contributed by atoms with van der Waals surface area (Å²) >= 11 is 0. The summed E-state index contributed by atoms with van der Waals surface area (Å²) in [6.07, 6.45) is 3.46. The summed E-state index contributed by atoms with van der Waals surface area (Å²) in [7, 11) is 0. The van der Waals surface area contributed by atoms with Crippen molar-refractivity contribution in [1.82, 2.24) is 14.8 Å². The number of hydrogen-bond donors (Lipinski definition) is 0. The van der Waals surface area contributed by atoms with Gasteiger partial charge in [0, 0.05) is 6.42 Å². The normalized spacial score (nSPS) is 24.3. The molecule has 26 heavy (non-hydrogen) atoms. The van der Waals surface area contributed by atoms with Crippen molar-refractivity contribution in [3.05, 3.63) is 82.9 Å². The number of fused-ring (bicyclic) bond motifs is 4. The highest BCUT2D eigenvalue weighted by Gasteiger charge is 2.52. The molecule has 1 aliphatic heterocycles. The van der Waals surface area contributed by atoms with Gasteiger partial charge in [-0.25, -0.2) is 9.67 Å². The third-order valence-electron chi connectivity index (χ3n) is 5.88. The molecular weight excluding hydrogens is 322 g/mol. The number of Topliss-reactive ketones (excluding diaryl/α,β-unsaturated/α-hetero) is 1. The first-order valence-corrected chi connectivity index (χ1v) is 9.33. The van der Waals surface area contributed by atoms with Gasteiger partial charge < -0.3 is 0 Å². The molecule has 1 saturated carbocycles.